The Balaban J connectivity index is 1.70. The first-order valence-corrected chi connectivity index (χ1v) is 10.9. The van der Waals surface area contributed by atoms with E-state index in [2.05, 4.69) is 4.98 Å². The van der Waals surface area contributed by atoms with Gasteiger partial charge in [0.2, 0.25) is 0 Å². The van der Waals surface area contributed by atoms with Crippen LogP contribution in [0.25, 0.3) is 10.6 Å². The van der Waals surface area contributed by atoms with E-state index in [-0.39, 0.29) is 0 Å². The second-order valence-corrected chi connectivity index (χ2v) is 9.48. The van der Waals surface area contributed by atoms with Crippen molar-refractivity contribution in [3.8, 4) is 10.6 Å². The Hall–Kier alpha value is -2.32. The van der Waals surface area contributed by atoms with Gasteiger partial charge in [0.1, 0.15) is 5.01 Å². The molecule has 0 saturated carbocycles. The molecule has 1 aromatic heterocycles. The third-order valence-electron chi connectivity index (χ3n) is 4.83. The lowest BCUT2D eigenvalue weighted by atomic mass is 9.85. The summed E-state index contributed by atoms with van der Waals surface area (Å²) in [6.45, 7) is 5.22. The first-order chi connectivity index (χ1) is 14.0. The minimum Gasteiger partial charge on any atom is -0.481 e. The number of aryl methyl sites for hydroxylation is 1. The van der Waals surface area contributed by atoms with Crippen LogP contribution in [0, 0.1) is 6.92 Å². The molecule has 2 aromatic carbocycles. The number of benzene rings is 2. The second kappa shape index (κ2) is 8.43. The Morgan fingerprint density at radius 3 is 2.13 bits per heavy atom. The molecule has 0 saturated heterocycles. The van der Waals surface area contributed by atoms with Crippen LogP contribution in [0.4, 0.5) is 13.2 Å². The van der Waals surface area contributed by atoms with Crippen molar-refractivity contribution in [3.05, 3.63) is 70.2 Å². The predicted molar refractivity (Wildman–Crippen MR) is 114 cm³/mol. The number of hydrogen-bond donors (Lipinski definition) is 1. The molecule has 3 aromatic rings. The van der Waals surface area contributed by atoms with Crippen LogP contribution in [-0.4, -0.2) is 16.1 Å². The lowest BCUT2D eigenvalue weighted by molar-refractivity contribution is -0.142. The number of aromatic nitrogens is 1. The van der Waals surface area contributed by atoms with Gasteiger partial charge in [0, 0.05) is 21.1 Å². The minimum atomic E-state index is -4.35. The topological polar surface area (TPSA) is 50.2 Å². The van der Waals surface area contributed by atoms with E-state index in [0.717, 1.165) is 33.2 Å². The average molecular weight is 452 g/mol. The number of carboxylic acid groups (broad SMARTS) is 1. The van der Waals surface area contributed by atoms with Crippen LogP contribution >= 0.6 is 23.1 Å². The number of thiazole rings is 1. The number of alkyl halides is 3. The smallest absolute Gasteiger partial charge is 0.416 e. The summed E-state index contributed by atoms with van der Waals surface area (Å²) >= 11 is 3.07. The van der Waals surface area contributed by atoms with Gasteiger partial charge < -0.3 is 5.11 Å². The molecule has 0 spiro atoms. The Morgan fingerprint density at radius 1 is 1.03 bits per heavy atom. The van der Waals surface area contributed by atoms with Crippen LogP contribution in [0.3, 0.4) is 0 Å². The molecule has 8 heteroatoms. The molecule has 3 nitrogen and oxygen atoms in total. The van der Waals surface area contributed by atoms with Gasteiger partial charge in [-0.2, -0.15) is 13.2 Å². The first-order valence-electron chi connectivity index (χ1n) is 9.09. The Kier molecular flexibility index (Phi) is 6.29. The van der Waals surface area contributed by atoms with Gasteiger partial charge in [-0.3, -0.25) is 4.79 Å². The van der Waals surface area contributed by atoms with Crippen molar-refractivity contribution in [3.63, 3.8) is 0 Å². The number of halogens is 3. The largest absolute Gasteiger partial charge is 0.481 e. The molecule has 3 rings (SSSR count). The van der Waals surface area contributed by atoms with E-state index in [9.17, 15) is 23.1 Å². The van der Waals surface area contributed by atoms with Crippen molar-refractivity contribution in [2.75, 3.05) is 0 Å². The predicted octanol–water partition coefficient (Wildman–Crippen LogP) is 6.79. The van der Waals surface area contributed by atoms with Gasteiger partial charge in [-0.05, 0) is 50.6 Å². The summed E-state index contributed by atoms with van der Waals surface area (Å²) < 4.78 is 38.2. The molecule has 158 valence electrons. The Morgan fingerprint density at radius 2 is 1.60 bits per heavy atom. The van der Waals surface area contributed by atoms with E-state index in [1.165, 1.54) is 23.5 Å². The molecular formula is C22H20F3NO2S2. The normalized spacial score (nSPS) is 12.2. The fourth-order valence-corrected chi connectivity index (χ4v) is 4.84. The maximum atomic E-state index is 12.7. The SMILES string of the molecule is Cc1nc(-c2ccc(C(F)(F)F)cc2)sc1CSc1ccc(C(C)(C)C(=O)O)cc1. The standard InChI is InChI=1S/C22H20F3NO2S2/c1-13-18(12-29-17-10-8-15(9-11-17)21(2,3)20(27)28)30-19(26-13)14-4-6-16(7-5-14)22(23,24)25/h4-11H,12H2,1-3H3,(H,27,28). The molecule has 1 N–H and O–H groups in total. The third-order valence-corrected chi connectivity index (χ3v) is 7.26. The van der Waals surface area contributed by atoms with Crippen molar-refractivity contribution < 1.29 is 23.1 Å². The van der Waals surface area contributed by atoms with Gasteiger partial charge in [0.25, 0.3) is 0 Å². The molecule has 1 heterocycles. The summed E-state index contributed by atoms with van der Waals surface area (Å²) in [5.41, 5.74) is 0.620. The van der Waals surface area contributed by atoms with Crippen LogP contribution in [0.5, 0.6) is 0 Å². The zero-order valence-electron chi connectivity index (χ0n) is 16.6. The third kappa shape index (κ3) is 4.87. The van der Waals surface area contributed by atoms with Gasteiger partial charge in [-0.25, -0.2) is 4.98 Å². The number of carbonyl (C=O) groups is 1. The average Bonchev–Trinajstić information content (AvgIpc) is 3.06. The summed E-state index contributed by atoms with van der Waals surface area (Å²) in [4.78, 5) is 17.9. The maximum Gasteiger partial charge on any atom is 0.416 e. The second-order valence-electron chi connectivity index (χ2n) is 7.35. The van der Waals surface area contributed by atoms with Crippen molar-refractivity contribution in [1.29, 1.82) is 0 Å². The molecule has 0 aliphatic heterocycles. The molecule has 0 aliphatic rings. The number of rotatable bonds is 6. The Bertz CT molecular complexity index is 1040. The summed E-state index contributed by atoms with van der Waals surface area (Å²) in [5.74, 6) is -0.204. The zero-order chi connectivity index (χ0) is 22.1. The molecule has 30 heavy (non-hydrogen) atoms. The fourth-order valence-electron chi connectivity index (χ4n) is 2.73. The fraction of sp³-hybridized carbons (Fsp3) is 0.273. The molecule has 0 aliphatic carbocycles. The molecule has 0 amide bonds. The first kappa shape index (κ1) is 22.4. The summed E-state index contributed by atoms with van der Waals surface area (Å²) in [7, 11) is 0. The van der Waals surface area contributed by atoms with Crippen LogP contribution in [0.1, 0.15) is 35.5 Å². The molecule has 0 atom stereocenters. The van der Waals surface area contributed by atoms with E-state index >= 15 is 0 Å². The highest BCUT2D eigenvalue weighted by molar-refractivity contribution is 7.98. The molecule has 0 unspecified atom stereocenters. The van der Waals surface area contributed by atoms with Crippen molar-refractivity contribution in [2.24, 2.45) is 0 Å². The van der Waals surface area contributed by atoms with Gasteiger partial charge in [-0.1, -0.05) is 24.3 Å². The van der Waals surface area contributed by atoms with Gasteiger partial charge in [0.15, 0.2) is 0 Å². The number of thioether (sulfide) groups is 1. The van der Waals surface area contributed by atoms with Crippen LogP contribution in [0.15, 0.2) is 53.4 Å². The van der Waals surface area contributed by atoms with Crippen LogP contribution < -0.4 is 0 Å². The monoisotopic (exact) mass is 451 g/mol. The zero-order valence-corrected chi connectivity index (χ0v) is 18.2. The Labute approximate surface area is 181 Å². The van der Waals surface area contributed by atoms with Crippen molar-refractivity contribution in [2.45, 2.75) is 43.0 Å². The number of carboxylic acids is 1. The van der Waals surface area contributed by atoms with E-state index < -0.39 is 23.1 Å². The molecule has 0 radical (unpaired) electrons. The van der Waals surface area contributed by atoms with Crippen LogP contribution in [0.2, 0.25) is 0 Å². The van der Waals surface area contributed by atoms with Crippen molar-refractivity contribution >= 4 is 29.1 Å². The van der Waals surface area contributed by atoms with Gasteiger partial charge >= 0.3 is 12.1 Å². The molecule has 0 fully saturated rings. The van der Waals surface area contributed by atoms with E-state index in [1.54, 1.807) is 25.6 Å². The number of aliphatic carboxylic acids is 1. The highest BCUT2D eigenvalue weighted by atomic mass is 32.2. The van der Waals surface area contributed by atoms with Gasteiger partial charge in [0.05, 0.1) is 16.7 Å². The summed E-state index contributed by atoms with van der Waals surface area (Å²) in [5, 5.41) is 10.0. The summed E-state index contributed by atoms with van der Waals surface area (Å²) in [6.07, 6.45) is -4.35. The molecular weight excluding hydrogens is 431 g/mol. The highest BCUT2D eigenvalue weighted by Gasteiger charge is 2.30. The lowest BCUT2D eigenvalue weighted by Crippen LogP contribution is -2.28. The van der Waals surface area contributed by atoms with Crippen LogP contribution in [-0.2, 0) is 22.1 Å². The van der Waals surface area contributed by atoms with Crippen molar-refractivity contribution in [1.82, 2.24) is 4.98 Å². The lowest BCUT2D eigenvalue weighted by Gasteiger charge is -2.19. The van der Waals surface area contributed by atoms with E-state index in [0.29, 0.717) is 16.3 Å². The number of nitrogens with zero attached hydrogens (tertiary/aromatic N) is 1. The van der Waals surface area contributed by atoms with E-state index in [4.69, 9.17) is 0 Å². The maximum absolute atomic E-state index is 12.7. The number of hydrogen-bond acceptors (Lipinski definition) is 4. The highest BCUT2D eigenvalue weighted by Crippen LogP contribution is 2.35. The molecule has 0 bridgehead atoms. The van der Waals surface area contributed by atoms with E-state index in [1.807, 2.05) is 31.2 Å². The minimum absolute atomic E-state index is 0.660. The van der Waals surface area contributed by atoms with Gasteiger partial charge in [-0.15, -0.1) is 23.1 Å². The quantitative estimate of drug-likeness (QED) is 0.419. The summed E-state index contributed by atoms with van der Waals surface area (Å²) in [6, 6.07) is 12.5.